The standard InChI is InChI=1S/C24H13BrN2O/c25-24-27-26-23(28-24)16-9-7-14(8-10-16)17-11-12-18-19-5-1-3-15-4-2-6-20(22(15)19)21(18)13-17/h1-13H. The number of hydrogen-bond acceptors (Lipinski definition) is 3. The van der Waals surface area contributed by atoms with Gasteiger partial charge < -0.3 is 4.42 Å². The van der Waals surface area contributed by atoms with Crippen molar-refractivity contribution in [2.75, 3.05) is 0 Å². The van der Waals surface area contributed by atoms with Gasteiger partial charge >= 0.3 is 0 Å². The van der Waals surface area contributed by atoms with Gasteiger partial charge in [-0.05, 0) is 62.4 Å². The first kappa shape index (κ1) is 15.8. The monoisotopic (exact) mass is 424 g/mol. The maximum Gasteiger partial charge on any atom is 0.285 e. The molecule has 4 aromatic carbocycles. The summed E-state index contributed by atoms with van der Waals surface area (Å²) in [4.78, 5) is 0.388. The molecule has 1 aliphatic rings. The van der Waals surface area contributed by atoms with Crippen LogP contribution in [-0.4, -0.2) is 10.2 Å². The number of aromatic nitrogens is 2. The second-order valence-corrected chi connectivity index (χ2v) is 7.59. The smallest absolute Gasteiger partial charge is 0.285 e. The summed E-state index contributed by atoms with van der Waals surface area (Å²) in [6.07, 6.45) is 0. The summed E-state index contributed by atoms with van der Waals surface area (Å²) in [6, 6.07) is 28.0. The third-order valence-electron chi connectivity index (χ3n) is 5.37. The molecule has 4 heteroatoms. The highest BCUT2D eigenvalue weighted by Crippen LogP contribution is 2.48. The number of rotatable bonds is 2. The Morgan fingerprint density at radius 3 is 2.00 bits per heavy atom. The third-order valence-corrected chi connectivity index (χ3v) is 5.69. The van der Waals surface area contributed by atoms with Gasteiger partial charge in [0.25, 0.3) is 4.80 Å². The maximum absolute atomic E-state index is 5.44. The highest BCUT2D eigenvalue weighted by atomic mass is 79.9. The Kier molecular flexibility index (Phi) is 3.31. The van der Waals surface area contributed by atoms with Crippen molar-refractivity contribution in [3.05, 3.63) is 83.7 Å². The quantitative estimate of drug-likeness (QED) is 0.301. The van der Waals surface area contributed by atoms with E-state index in [1.54, 1.807) is 0 Å². The fourth-order valence-electron chi connectivity index (χ4n) is 4.10. The molecule has 0 atom stereocenters. The van der Waals surface area contributed by atoms with E-state index in [0.29, 0.717) is 10.7 Å². The van der Waals surface area contributed by atoms with Gasteiger partial charge in [0.1, 0.15) is 0 Å². The number of fused-ring (bicyclic) bond motifs is 3. The Hall–Kier alpha value is -3.24. The number of nitrogens with zero attached hydrogens (tertiary/aromatic N) is 2. The zero-order valence-corrected chi connectivity index (χ0v) is 16.3. The lowest BCUT2D eigenvalue weighted by molar-refractivity contribution is 0.540. The third kappa shape index (κ3) is 2.28. The van der Waals surface area contributed by atoms with Gasteiger partial charge in [0.15, 0.2) is 0 Å². The summed E-state index contributed by atoms with van der Waals surface area (Å²) >= 11 is 3.19. The van der Waals surface area contributed by atoms with E-state index >= 15 is 0 Å². The summed E-state index contributed by atoms with van der Waals surface area (Å²) in [5.41, 5.74) is 8.51. The topological polar surface area (TPSA) is 38.9 Å². The predicted molar refractivity (Wildman–Crippen MR) is 115 cm³/mol. The first-order chi connectivity index (χ1) is 13.8. The molecule has 132 valence electrons. The van der Waals surface area contributed by atoms with Crippen molar-refractivity contribution in [2.45, 2.75) is 0 Å². The predicted octanol–water partition coefficient (Wildman–Crippen LogP) is 6.97. The van der Waals surface area contributed by atoms with Crippen LogP contribution in [-0.2, 0) is 0 Å². The van der Waals surface area contributed by atoms with Crippen LogP contribution < -0.4 is 0 Å². The molecule has 3 nitrogen and oxygen atoms in total. The Morgan fingerprint density at radius 1 is 0.607 bits per heavy atom. The maximum atomic E-state index is 5.44. The molecule has 5 aromatic rings. The Bertz CT molecular complexity index is 1360. The second-order valence-electron chi connectivity index (χ2n) is 6.91. The van der Waals surface area contributed by atoms with E-state index < -0.39 is 0 Å². The summed E-state index contributed by atoms with van der Waals surface area (Å²) < 4.78 is 5.44. The molecule has 6 rings (SSSR count). The molecule has 0 spiro atoms. The molecular formula is C24H13BrN2O. The van der Waals surface area contributed by atoms with Gasteiger partial charge in [0.05, 0.1) is 0 Å². The minimum atomic E-state index is 0.388. The van der Waals surface area contributed by atoms with Crippen LogP contribution in [0.4, 0.5) is 0 Å². The Morgan fingerprint density at radius 2 is 1.29 bits per heavy atom. The van der Waals surface area contributed by atoms with Crippen LogP contribution in [0.5, 0.6) is 0 Å². The molecule has 0 saturated carbocycles. The number of hydrogen-bond donors (Lipinski definition) is 0. The van der Waals surface area contributed by atoms with Gasteiger partial charge in [-0.3, -0.25) is 0 Å². The van der Waals surface area contributed by atoms with Crippen LogP contribution in [0.3, 0.4) is 0 Å². The normalized spacial score (nSPS) is 11.8. The van der Waals surface area contributed by atoms with Gasteiger partial charge in [-0.25, -0.2) is 0 Å². The molecule has 1 heterocycles. The number of halogens is 1. The highest BCUT2D eigenvalue weighted by Gasteiger charge is 2.21. The van der Waals surface area contributed by atoms with E-state index in [4.69, 9.17) is 4.42 Å². The molecule has 1 aliphatic carbocycles. The molecule has 0 radical (unpaired) electrons. The zero-order valence-electron chi connectivity index (χ0n) is 14.7. The van der Waals surface area contributed by atoms with Crippen molar-refractivity contribution in [3.63, 3.8) is 0 Å². The van der Waals surface area contributed by atoms with Crippen LogP contribution >= 0.6 is 15.9 Å². The molecule has 0 aliphatic heterocycles. The van der Waals surface area contributed by atoms with Crippen LogP contribution in [0, 0.1) is 0 Å². The fraction of sp³-hybridized carbons (Fsp3) is 0. The van der Waals surface area contributed by atoms with Crippen molar-refractivity contribution in [1.82, 2.24) is 10.2 Å². The molecule has 0 fully saturated rings. The van der Waals surface area contributed by atoms with Crippen LogP contribution in [0.15, 0.2) is 88.1 Å². The van der Waals surface area contributed by atoms with E-state index in [2.05, 4.69) is 92.9 Å². The SMILES string of the molecule is Brc1nnc(-c2ccc(-c3ccc4c(c3)-c3cccc5cccc-4c35)cc2)o1. The van der Waals surface area contributed by atoms with Crippen molar-refractivity contribution in [3.8, 4) is 44.8 Å². The molecule has 0 bridgehead atoms. The second kappa shape index (κ2) is 5.88. The van der Waals surface area contributed by atoms with Crippen LogP contribution in [0.1, 0.15) is 0 Å². The first-order valence-electron chi connectivity index (χ1n) is 9.04. The lowest BCUT2D eigenvalue weighted by Gasteiger charge is -2.07. The van der Waals surface area contributed by atoms with Crippen molar-refractivity contribution < 1.29 is 4.42 Å². The van der Waals surface area contributed by atoms with E-state index in [1.807, 2.05) is 12.1 Å². The molecule has 0 amide bonds. The summed E-state index contributed by atoms with van der Waals surface area (Å²) in [5.74, 6) is 0.509. The Labute approximate surface area is 169 Å². The molecular weight excluding hydrogens is 412 g/mol. The molecule has 0 unspecified atom stereocenters. The Balaban J connectivity index is 1.45. The lowest BCUT2D eigenvalue weighted by atomic mass is 9.97. The van der Waals surface area contributed by atoms with Crippen LogP contribution in [0.2, 0.25) is 0 Å². The van der Waals surface area contributed by atoms with Crippen LogP contribution in [0.25, 0.3) is 55.6 Å². The summed E-state index contributed by atoms with van der Waals surface area (Å²) in [7, 11) is 0. The van der Waals surface area contributed by atoms with E-state index in [1.165, 1.54) is 38.6 Å². The average molecular weight is 425 g/mol. The van der Waals surface area contributed by atoms with Gasteiger partial charge in [0.2, 0.25) is 5.89 Å². The van der Waals surface area contributed by atoms with E-state index in [0.717, 1.165) is 11.1 Å². The molecule has 1 aromatic heterocycles. The number of benzene rings is 4. The van der Waals surface area contributed by atoms with Crippen molar-refractivity contribution >= 4 is 26.7 Å². The molecule has 0 saturated heterocycles. The van der Waals surface area contributed by atoms with Crippen molar-refractivity contribution in [2.24, 2.45) is 0 Å². The largest absolute Gasteiger partial charge is 0.411 e. The van der Waals surface area contributed by atoms with E-state index in [-0.39, 0.29) is 0 Å². The van der Waals surface area contributed by atoms with Crippen molar-refractivity contribution in [1.29, 1.82) is 0 Å². The highest BCUT2D eigenvalue weighted by molar-refractivity contribution is 9.10. The van der Waals surface area contributed by atoms with Gasteiger partial charge in [-0.15, -0.1) is 10.2 Å². The summed E-state index contributed by atoms with van der Waals surface area (Å²) in [5, 5.41) is 10.5. The van der Waals surface area contributed by atoms with Gasteiger partial charge in [-0.2, -0.15) is 0 Å². The minimum Gasteiger partial charge on any atom is -0.411 e. The fourth-order valence-corrected chi connectivity index (χ4v) is 4.33. The average Bonchev–Trinajstić information content (AvgIpc) is 3.32. The molecule has 0 N–H and O–H groups in total. The minimum absolute atomic E-state index is 0.388. The van der Waals surface area contributed by atoms with E-state index in [9.17, 15) is 0 Å². The van der Waals surface area contributed by atoms with Gasteiger partial charge in [0, 0.05) is 21.5 Å². The lowest BCUT2D eigenvalue weighted by Crippen LogP contribution is -1.83. The first-order valence-corrected chi connectivity index (χ1v) is 9.83. The molecule has 28 heavy (non-hydrogen) atoms. The van der Waals surface area contributed by atoms with Gasteiger partial charge in [-0.1, -0.05) is 60.7 Å². The zero-order chi connectivity index (χ0) is 18.7. The summed E-state index contributed by atoms with van der Waals surface area (Å²) in [6.45, 7) is 0.